The molecular weight excluding hydrogens is 448 g/mol. The van der Waals surface area contributed by atoms with Crippen molar-refractivity contribution >= 4 is 5.97 Å². The number of esters is 1. The summed E-state index contributed by atoms with van der Waals surface area (Å²) in [5.41, 5.74) is -1.29. The van der Waals surface area contributed by atoms with Crippen LogP contribution in [0.3, 0.4) is 0 Å². The largest absolute Gasteiger partial charge is 0.458 e. The Morgan fingerprint density at radius 1 is 0.914 bits per heavy atom. The minimum Gasteiger partial charge on any atom is -0.458 e. The molecule has 4 nitrogen and oxygen atoms in total. The van der Waals surface area contributed by atoms with Gasteiger partial charge in [-0.25, -0.2) is 13.6 Å². The highest BCUT2D eigenvalue weighted by molar-refractivity contribution is 5.90. The lowest BCUT2D eigenvalue weighted by Crippen LogP contribution is -2.60. The number of carbonyl (C=O) groups is 1. The average molecular weight is 486 g/mol. The summed E-state index contributed by atoms with van der Waals surface area (Å²) in [6, 6.07) is 2.62. The van der Waals surface area contributed by atoms with Crippen molar-refractivity contribution < 1.29 is 23.5 Å². The molecule has 1 N–H and O–H groups in total. The number of hydrogen-bond acceptors (Lipinski definition) is 4. The van der Waals surface area contributed by atoms with Crippen LogP contribution in [0.2, 0.25) is 0 Å². The maximum atomic E-state index is 15.0. The Labute approximate surface area is 207 Å². The Morgan fingerprint density at radius 3 is 1.94 bits per heavy atom. The number of halogens is 2. The molecule has 4 rings (SSSR count). The van der Waals surface area contributed by atoms with Gasteiger partial charge >= 0.3 is 5.97 Å². The van der Waals surface area contributed by atoms with Gasteiger partial charge < -0.3 is 9.94 Å². The van der Waals surface area contributed by atoms with Crippen molar-refractivity contribution in [3.63, 3.8) is 0 Å². The lowest BCUT2D eigenvalue weighted by Gasteiger charge is -2.50. The van der Waals surface area contributed by atoms with Crippen molar-refractivity contribution in [1.82, 2.24) is 5.06 Å². The van der Waals surface area contributed by atoms with Gasteiger partial charge in [0.1, 0.15) is 23.3 Å². The van der Waals surface area contributed by atoms with Gasteiger partial charge in [-0.3, -0.25) is 0 Å². The normalized spacial score (nSPS) is 27.1. The van der Waals surface area contributed by atoms with Gasteiger partial charge in [0.05, 0.1) is 0 Å². The van der Waals surface area contributed by atoms with Crippen molar-refractivity contribution in [3.8, 4) is 0 Å². The van der Waals surface area contributed by atoms with E-state index in [1.807, 2.05) is 39.8 Å². The summed E-state index contributed by atoms with van der Waals surface area (Å²) in [5, 5.41) is 11.7. The molecule has 1 aromatic rings. The minimum absolute atomic E-state index is 0.0765. The van der Waals surface area contributed by atoms with Crippen LogP contribution >= 0.6 is 0 Å². The first-order chi connectivity index (χ1) is 16.5. The van der Waals surface area contributed by atoms with Crippen LogP contribution in [0.5, 0.6) is 0 Å². The van der Waals surface area contributed by atoms with Gasteiger partial charge in [0.25, 0.3) is 0 Å². The molecule has 1 saturated heterocycles. The van der Waals surface area contributed by atoms with E-state index < -0.39 is 40.3 Å². The van der Waals surface area contributed by atoms with E-state index in [9.17, 15) is 10.0 Å². The van der Waals surface area contributed by atoms with Crippen LogP contribution in [0, 0.1) is 23.5 Å². The number of benzene rings is 1. The van der Waals surface area contributed by atoms with Crippen LogP contribution in [0.1, 0.15) is 88.1 Å². The Bertz CT molecular complexity index is 977. The first kappa shape index (κ1) is 25.8. The van der Waals surface area contributed by atoms with Gasteiger partial charge in [0, 0.05) is 23.9 Å². The summed E-state index contributed by atoms with van der Waals surface area (Å²) in [7, 11) is 0. The standard InChI is InChI=1S/C29H37F2NO3/c1-28(2)17-23(18-29(3,4)32(28)34)35-27(33)26-24(30)15-22(16-25(26)31)21-13-11-20(12-14-21)19-9-7-5-6-8-10-19/h5-10,15-16,19-21,23,34H,11-14,17-18H2,1-4H3. The molecule has 1 heterocycles. The maximum absolute atomic E-state index is 15.0. The van der Waals surface area contributed by atoms with E-state index in [-0.39, 0.29) is 5.92 Å². The predicted molar refractivity (Wildman–Crippen MR) is 132 cm³/mol. The maximum Gasteiger partial charge on any atom is 0.344 e. The van der Waals surface area contributed by atoms with Crippen molar-refractivity contribution in [2.45, 2.75) is 89.3 Å². The number of carbonyl (C=O) groups excluding carboxylic acids is 1. The molecule has 1 aromatic carbocycles. The third-order valence-corrected chi connectivity index (χ3v) is 7.93. The van der Waals surface area contributed by atoms with Crippen LogP contribution in [0.4, 0.5) is 8.78 Å². The number of nitrogens with zero attached hydrogens (tertiary/aromatic N) is 1. The fourth-order valence-electron chi connectivity index (χ4n) is 6.22. The van der Waals surface area contributed by atoms with Gasteiger partial charge in [-0.05, 0) is 88.8 Å². The third kappa shape index (κ3) is 5.59. The summed E-state index contributed by atoms with van der Waals surface area (Å²) >= 11 is 0. The molecule has 1 aliphatic heterocycles. The van der Waals surface area contributed by atoms with E-state index in [1.165, 1.54) is 17.2 Å². The lowest BCUT2D eigenvalue weighted by atomic mass is 9.73. The topological polar surface area (TPSA) is 49.8 Å². The fourth-order valence-corrected chi connectivity index (χ4v) is 6.22. The van der Waals surface area contributed by atoms with E-state index in [2.05, 4.69) is 24.3 Å². The van der Waals surface area contributed by atoms with Crippen LogP contribution in [-0.4, -0.2) is 33.4 Å². The van der Waals surface area contributed by atoms with Crippen LogP contribution in [-0.2, 0) is 4.74 Å². The molecule has 2 aliphatic carbocycles. The first-order valence-corrected chi connectivity index (χ1v) is 12.7. The van der Waals surface area contributed by atoms with Crippen molar-refractivity contribution in [2.24, 2.45) is 11.8 Å². The molecule has 0 radical (unpaired) electrons. The third-order valence-electron chi connectivity index (χ3n) is 7.93. The molecule has 35 heavy (non-hydrogen) atoms. The van der Waals surface area contributed by atoms with Crippen LogP contribution in [0.25, 0.3) is 0 Å². The molecule has 0 aromatic heterocycles. The van der Waals surface area contributed by atoms with Gasteiger partial charge in [-0.1, -0.05) is 36.5 Å². The highest BCUT2D eigenvalue weighted by atomic mass is 19.1. The molecule has 0 unspecified atom stereocenters. The summed E-state index contributed by atoms with van der Waals surface area (Å²) in [6.07, 6.45) is 16.5. The van der Waals surface area contributed by atoms with E-state index in [1.54, 1.807) is 0 Å². The number of hydrogen-bond donors (Lipinski definition) is 1. The summed E-state index contributed by atoms with van der Waals surface area (Å²) in [5.74, 6) is -1.73. The zero-order valence-corrected chi connectivity index (χ0v) is 21.1. The van der Waals surface area contributed by atoms with E-state index in [0.29, 0.717) is 30.2 Å². The number of piperidine rings is 1. The lowest BCUT2D eigenvalue weighted by molar-refractivity contribution is -0.256. The molecular formula is C29H37F2NO3. The smallest absolute Gasteiger partial charge is 0.344 e. The van der Waals surface area contributed by atoms with Gasteiger partial charge in [0.15, 0.2) is 0 Å². The second kappa shape index (κ2) is 9.98. The number of rotatable bonds is 4. The van der Waals surface area contributed by atoms with Crippen molar-refractivity contribution in [1.29, 1.82) is 0 Å². The zero-order valence-electron chi connectivity index (χ0n) is 21.1. The SMILES string of the molecule is CC1(C)CC(OC(=O)c2c(F)cc(C3CCC(C4C=CC=CC=C4)CC3)cc2F)CC(C)(C)N1O. The quantitative estimate of drug-likeness (QED) is 0.462. The molecule has 6 heteroatoms. The molecule has 0 atom stereocenters. The monoisotopic (exact) mass is 485 g/mol. The Morgan fingerprint density at radius 2 is 1.43 bits per heavy atom. The second-order valence-corrected chi connectivity index (χ2v) is 11.6. The highest BCUT2D eigenvalue weighted by Gasteiger charge is 2.46. The first-order valence-electron chi connectivity index (χ1n) is 12.7. The van der Waals surface area contributed by atoms with Crippen LogP contribution in [0.15, 0.2) is 48.6 Å². The van der Waals surface area contributed by atoms with Crippen LogP contribution < -0.4 is 0 Å². The number of hydroxylamine groups is 2. The van der Waals surface area contributed by atoms with E-state index in [0.717, 1.165) is 25.7 Å². The van der Waals surface area contributed by atoms with Gasteiger partial charge in [-0.2, -0.15) is 5.06 Å². The summed E-state index contributed by atoms with van der Waals surface area (Å²) in [4.78, 5) is 12.8. The molecule has 190 valence electrons. The number of ether oxygens (including phenoxy) is 1. The van der Waals surface area contributed by atoms with Gasteiger partial charge in [-0.15, -0.1) is 0 Å². The van der Waals surface area contributed by atoms with Gasteiger partial charge in [0.2, 0.25) is 0 Å². The Kier molecular flexibility index (Phi) is 7.35. The fraction of sp³-hybridized carbons (Fsp3) is 0.552. The summed E-state index contributed by atoms with van der Waals surface area (Å²) in [6.45, 7) is 7.38. The molecule has 0 spiro atoms. The van der Waals surface area contributed by atoms with Crippen molar-refractivity contribution in [2.75, 3.05) is 0 Å². The average Bonchev–Trinajstić information content (AvgIpc) is 3.06. The zero-order chi connectivity index (χ0) is 25.4. The Balaban J connectivity index is 1.42. The van der Waals surface area contributed by atoms with E-state index >= 15 is 8.78 Å². The Hall–Kier alpha value is -2.31. The predicted octanol–water partition coefficient (Wildman–Crippen LogP) is 7.10. The van der Waals surface area contributed by atoms with Crippen molar-refractivity contribution in [3.05, 3.63) is 71.4 Å². The molecule has 0 bridgehead atoms. The second-order valence-electron chi connectivity index (χ2n) is 11.6. The number of allylic oxidation sites excluding steroid dienone is 6. The molecule has 2 fully saturated rings. The minimum atomic E-state index is -0.987. The van der Waals surface area contributed by atoms with E-state index in [4.69, 9.17) is 4.74 Å². The molecule has 3 aliphatic rings. The highest BCUT2D eigenvalue weighted by Crippen LogP contribution is 2.41. The summed E-state index contributed by atoms with van der Waals surface area (Å²) < 4.78 is 35.6. The molecule has 0 amide bonds. The molecule has 1 saturated carbocycles.